The third-order valence-corrected chi connectivity index (χ3v) is 14.4. The van der Waals surface area contributed by atoms with E-state index in [9.17, 15) is 4.21 Å². The monoisotopic (exact) mass is 603 g/mol. The smallest absolute Gasteiger partial charge is 0.127 e. The second kappa shape index (κ2) is 14.7. The highest BCUT2D eigenvalue weighted by Gasteiger charge is 2.39. The van der Waals surface area contributed by atoms with Gasteiger partial charge in [-0.25, -0.2) is 8.51 Å². The summed E-state index contributed by atoms with van der Waals surface area (Å²) in [6, 6.07) is 27.9. The molecule has 0 spiro atoms. The maximum Gasteiger partial charge on any atom is 0.127 e. The molecule has 2 fully saturated rings. The van der Waals surface area contributed by atoms with Crippen molar-refractivity contribution in [2.75, 3.05) is 7.05 Å². The van der Waals surface area contributed by atoms with Gasteiger partial charge in [0.2, 0.25) is 0 Å². The van der Waals surface area contributed by atoms with Crippen LogP contribution in [0.1, 0.15) is 108 Å². The molecule has 3 aromatic carbocycles. The third kappa shape index (κ3) is 7.55. The third-order valence-electron chi connectivity index (χ3n) is 9.02. The molecule has 2 aliphatic rings. The summed E-state index contributed by atoms with van der Waals surface area (Å²) in [5.74, 6) is 1.05. The summed E-state index contributed by atoms with van der Waals surface area (Å²) in [6.45, 7) is 6.81. The predicted octanol–water partition coefficient (Wildman–Crippen LogP) is 9.52. The summed E-state index contributed by atoms with van der Waals surface area (Å²) < 4.78 is 22.7. The standard InChI is InChI=1S/C37H50NO2PS/c1-37(2,3)42(39)38(4)35(30-20-11-6-12-21-30)33-26-17-27-34(40-28-29-18-9-5-10-19-29)36(33)41(31-22-13-7-14-23-31)32-24-15-8-16-25-32/h5-6,9-12,17-21,26-27,31-32,35H,7-8,13-16,22-25,28H2,1-4H3/t35-,42?/m1/s1. The largest absolute Gasteiger partial charge is 0.488 e. The highest BCUT2D eigenvalue weighted by atomic mass is 32.2. The van der Waals surface area contributed by atoms with Crippen LogP contribution in [0, 0.1) is 0 Å². The number of ether oxygens (including phenoxy) is 1. The molecule has 0 aromatic heterocycles. The van der Waals surface area contributed by atoms with Crippen LogP contribution in [-0.2, 0) is 17.6 Å². The van der Waals surface area contributed by atoms with E-state index in [-0.39, 0.29) is 10.8 Å². The molecular weight excluding hydrogens is 553 g/mol. The Bertz CT molecular complexity index is 1260. The van der Waals surface area contributed by atoms with E-state index in [0.29, 0.717) is 6.61 Å². The highest BCUT2D eigenvalue weighted by molar-refractivity contribution is 7.84. The van der Waals surface area contributed by atoms with E-state index in [4.69, 9.17) is 4.74 Å². The average molecular weight is 604 g/mol. The van der Waals surface area contributed by atoms with Gasteiger partial charge >= 0.3 is 0 Å². The van der Waals surface area contributed by atoms with Crippen LogP contribution in [0.4, 0.5) is 0 Å². The highest BCUT2D eigenvalue weighted by Crippen LogP contribution is 2.58. The van der Waals surface area contributed by atoms with E-state index < -0.39 is 18.9 Å². The SMILES string of the molecule is CN([C@H](c1ccccc1)c1cccc(OCc2ccccc2)c1P(C1CCCCC1)C1CCCCC1)S(=O)C(C)(C)C. The zero-order chi connectivity index (χ0) is 29.5. The number of rotatable bonds is 10. The van der Waals surface area contributed by atoms with E-state index in [1.807, 2.05) is 0 Å². The van der Waals surface area contributed by atoms with Crippen LogP contribution < -0.4 is 10.0 Å². The summed E-state index contributed by atoms with van der Waals surface area (Å²) in [6.07, 6.45) is 13.4. The summed E-state index contributed by atoms with van der Waals surface area (Å²) in [7, 11) is 0.415. The molecular formula is C37H50NO2PS. The second-order valence-corrected chi connectivity index (χ2v) is 18.2. The number of nitrogens with zero attached hydrogens (tertiary/aromatic N) is 1. The summed E-state index contributed by atoms with van der Waals surface area (Å²) >= 11 is 0. The van der Waals surface area contributed by atoms with Crippen LogP contribution in [0.25, 0.3) is 0 Å². The molecule has 0 bridgehead atoms. The Kier molecular flexibility index (Phi) is 11.0. The molecule has 1 unspecified atom stereocenters. The van der Waals surface area contributed by atoms with Crippen molar-refractivity contribution in [3.63, 3.8) is 0 Å². The molecule has 0 saturated heterocycles. The average Bonchev–Trinajstić information content (AvgIpc) is 3.02. The van der Waals surface area contributed by atoms with Crippen LogP contribution >= 0.6 is 7.92 Å². The molecule has 226 valence electrons. The van der Waals surface area contributed by atoms with Crippen LogP contribution in [-0.4, -0.2) is 31.6 Å². The normalized spacial score (nSPS) is 18.7. The lowest BCUT2D eigenvalue weighted by Gasteiger charge is -2.42. The molecule has 3 nitrogen and oxygen atoms in total. The van der Waals surface area contributed by atoms with Gasteiger partial charge in [-0.15, -0.1) is 0 Å². The molecule has 0 amide bonds. The second-order valence-electron chi connectivity index (χ2n) is 13.2. The van der Waals surface area contributed by atoms with Crippen LogP contribution in [0.5, 0.6) is 5.75 Å². The quantitative estimate of drug-likeness (QED) is 0.216. The fourth-order valence-electron chi connectivity index (χ4n) is 7.02. The molecule has 2 aliphatic carbocycles. The first-order valence-electron chi connectivity index (χ1n) is 16.1. The molecule has 0 radical (unpaired) electrons. The Morgan fingerprint density at radius 1 is 0.786 bits per heavy atom. The predicted molar refractivity (Wildman–Crippen MR) is 181 cm³/mol. The Morgan fingerprint density at radius 3 is 1.88 bits per heavy atom. The molecule has 3 aromatic rings. The van der Waals surface area contributed by atoms with E-state index in [1.54, 1.807) is 0 Å². The maximum atomic E-state index is 14.0. The zero-order valence-corrected chi connectivity index (χ0v) is 27.8. The Labute approximate surface area is 258 Å². The van der Waals surface area contributed by atoms with Gasteiger partial charge in [0.15, 0.2) is 0 Å². The van der Waals surface area contributed by atoms with E-state index >= 15 is 0 Å². The van der Waals surface area contributed by atoms with Gasteiger partial charge in [-0.1, -0.05) is 119 Å². The maximum absolute atomic E-state index is 14.0. The molecule has 0 heterocycles. The summed E-state index contributed by atoms with van der Waals surface area (Å²) in [4.78, 5) is 0. The molecule has 0 N–H and O–H groups in total. The lowest BCUT2D eigenvalue weighted by atomic mass is 9.98. The van der Waals surface area contributed by atoms with Crippen molar-refractivity contribution in [1.29, 1.82) is 0 Å². The van der Waals surface area contributed by atoms with Crippen molar-refractivity contribution in [1.82, 2.24) is 4.31 Å². The summed E-state index contributed by atoms with van der Waals surface area (Å²) in [5, 5.41) is 1.45. The molecule has 0 aliphatic heterocycles. The van der Waals surface area contributed by atoms with Crippen molar-refractivity contribution >= 4 is 24.2 Å². The van der Waals surface area contributed by atoms with Gasteiger partial charge in [0.05, 0.1) is 10.8 Å². The minimum absolute atomic E-state index is 0.112. The van der Waals surface area contributed by atoms with Gasteiger partial charge in [0, 0.05) is 12.4 Å². The van der Waals surface area contributed by atoms with E-state index in [2.05, 4.69) is 111 Å². The number of hydrogen-bond donors (Lipinski definition) is 0. The van der Waals surface area contributed by atoms with Crippen molar-refractivity contribution < 1.29 is 8.95 Å². The Hall–Kier alpha value is -2.00. The molecule has 5 rings (SSSR count). The Balaban J connectivity index is 1.69. The van der Waals surface area contributed by atoms with Crippen molar-refractivity contribution in [2.45, 2.75) is 114 Å². The lowest BCUT2D eigenvalue weighted by molar-refractivity contribution is 0.308. The van der Waals surface area contributed by atoms with E-state index in [0.717, 1.165) is 17.1 Å². The van der Waals surface area contributed by atoms with Gasteiger partial charge in [-0.3, -0.25) is 0 Å². The van der Waals surface area contributed by atoms with Gasteiger partial charge < -0.3 is 4.74 Å². The topological polar surface area (TPSA) is 29.5 Å². The molecule has 2 atom stereocenters. The van der Waals surface area contributed by atoms with Crippen LogP contribution in [0.2, 0.25) is 0 Å². The van der Waals surface area contributed by atoms with Crippen molar-refractivity contribution in [2.24, 2.45) is 0 Å². The Morgan fingerprint density at radius 2 is 1.33 bits per heavy atom. The van der Waals surface area contributed by atoms with Crippen LogP contribution in [0.3, 0.4) is 0 Å². The first kappa shape index (κ1) is 31.4. The first-order valence-corrected chi connectivity index (χ1v) is 18.7. The van der Waals surface area contributed by atoms with Gasteiger partial charge in [0.1, 0.15) is 23.3 Å². The molecule has 5 heteroatoms. The minimum Gasteiger partial charge on any atom is -0.488 e. The van der Waals surface area contributed by atoms with Crippen molar-refractivity contribution in [3.8, 4) is 5.75 Å². The fourth-order valence-corrected chi connectivity index (χ4v) is 12.4. The minimum atomic E-state index is -1.18. The van der Waals surface area contributed by atoms with E-state index in [1.165, 1.54) is 86.2 Å². The lowest BCUT2D eigenvalue weighted by Crippen LogP contribution is -2.40. The van der Waals surface area contributed by atoms with Gasteiger partial charge in [-0.2, -0.15) is 0 Å². The van der Waals surface area contributed by atoms with Crippen LogP contribution in [0.15, 0.2) is 78.9 Å². The zero-order valence-electron chi connectivity index (χ0n) is 26.1. The van der Waals surface area contributed by atoms with Crippen molar-refractivity contribution in [3.05, 3.63) is 95.6 Å². The summed E-state index contributed by atoms with van der Waals surface area (Å²) in [5.41, 5.74) is 5.15. The molecule has 2 saturated carbocycles. The molecule has 42 heavy (non-hydrogen) atoms. The van der Waals surface area contributed by atoms with Gasteiger partial charge in [0.25, 0.3) is 0 Å². The van der Waals surface area contributed by atoms with Gasteiger partial charge in [-0.05, 0) is 80.5 Å². The number of benzene rings is 3. The first-order chi connectivity index (χ1) is 20.3. The fraction of sp³-hybridized carbons (Fsp3) is 0.514. The number of hydrogen-bond acceptors (Lipinski definition) is 2.